The molecule has 0 saturated heterocycles. The van der Waals surface area contributed by atoms with Crippen LogP contribution in [0.15, 0.2) is 74.6 Å². The van der Waals surface area contributed by atoms with Gasteiger partial charge in [-0.2, -0.15) is 0 Å². The van der Waals surface area contributed by atoms with E-state index in [1.54, 1.807) is 19.3 Å². The van der Waals surface area contributed by atoms with E-state index in [1.165, 1.54) is 6.07 Å². The van der Waals surface area contributed by atoms with Gasteiger partial charge in [0.25, 0.3) is 0 Å². The Morgan fingerprint density at radius 2 is 2.12 bits per heavy atom. The van der Waals surface area contributed by atoms with E-state index in [4.69, 9.17) is 4.42 Å². The second-order valence-electron chi connectivity index (χ2n) is 5.79. The molecule has 126 valence electrons. The van der Waals surface area contributed by atoms with Crippen molar-refractivity contribution in [1.29, 1.82) is 0 Å². The van der Waals surface area contributed by atoms with E-state index in [0.717, 1.165) is 40.6 Å². The Bertz CT molecular complexity index is 985. The van der Waals surface area contributed by atoms with Crippen molar-refractivity contribution in [2.24, 2.45) is 4.99 Å². The third-order valence-electron chi connectivity index (χ3n) is 3.97. The van der Waals surface area contributed by atoms with Gasteiger partial charge in [0, 0.05) is 36.5 Å². The molecule has 4 nitrogen and oxygen atoms in total. The summed E-state index contributed by atoms with van der Waals surface area (Å²) in [6, 6.07) is 13.0. The number of allylic oxidation sites excluding steroid dienone is 1. The van der Waals surface area contributed by atoms with Crippen molar-refractivity contribution in [1.82, 2.24) is 4.98 Å². The van der Waals surface area contributed by atoms with Gasteiger partial charge in [0.2, 0.25) is 0 Å². The van der Waals surface area contributed by atoms with Crippen LogP contribution in [-0.2, 0) is 0 Å². The number of pyridine rings is 1. The summed E-state index contributed by atoms with van der Waals surface area (Å²) in [6.07, 6.45) is 7.68. The summed E-state index contributed by atoms with van der Waals surface area (Å²) < 4.78 is 5.20. The maximum Gasteiger partial charge on any atom is 0.336 e. The summed E-state index contributed by atoms with van der Waals surface area (Å²) in [7, 11) is 1.81. The highest BCUT2D eigenvalue weighted by Gasteiger charge is 2.09. The van der Waals surface area contributed by atoms with Crippen LogP contribution in [0.1, 0.15) is 30.9 Å². The molecule has 0 amide bonds. The first-order valence-corrected chi connectivity index (χ1v) is 8.33. The van der Waals surface area contributed by atoms with Crippen molar-refractivity contribution in [3.63, 3.8) is 0 Å². The van der Waals surface area contributed by atoms with Gasteiger partial charge in [0.15, 0.2) is 0 Å². The van der Waals surface area contributed by atoms with Crippen LogP contribution >= 0.6 is 0 Å². The van der Waals surface area contributed by atoms with Crippen LogP contribution in [0, 0.1) is 0 Å². The maximum atomic E-state index is 11.3. The first-order valence-electron chi connectivity index (χ1n) is 8.33. The Hall–Kier alpha value is -3.01. The van der Waals surface area contributed by atoms with Gasteiger partial charge in [0.05, 0.1) is 5.71 Å². The second kappa shape index (κ2) is 7.71. The average molecular weight is 332 g/mol. The predicted octanol–water partition coefficient (Wildman–Crippen LogP) is 4.49. The summed E-state index contributed by atoms with van der Waals surface area (Å²) in [4.78, 5) is 20.0. The summed E-state index contributed by atoms with van der Waals surface area (Å²) in [5.41, 5.74) is 4.44. The van der Waals surface area contributed by atoms with E-state index in [2.05, 4.69) is 23.0 Å². The lowest BCUT2D eigenvalue weighted by Gasteiger charge is -2.11. The van der Waals surface area contributed by atoms with Crippen LogP contribution in [0.2, 0.25) is 0 Å². The lowest BCUT2D eigenvalue weighted by Crippen LogP contribution is -2.06. The van der Waals surface area contributed by atoms with Crippen molar-refractivity contribution in [3.8, 4) is 0 Å². The highest BCUT2D eigenvalue weighted by molar-refractivity contribution is 6.14. The average Bonchev–Trinajstić information content (AvgIpc) is 2.63. The van der Waals surface area contributed by atoms with Crippen molar-refractivity contribution in [2.45, 2.75) is 19.8 Å². The highest BCUT2D eigenvalue weighted by atomic mass is 16.4. The molecule has 0 atom stereocenters. The first-order chi connectivity index (χ1) is 12.2. The molecule has 25 heavy (non-hydrogen) atoms. The third kappa shape index (κ3) is 3.91. The minimum absolute atomic E-state index is 0.334. The van der Waals surface area contributed by atoms with Gasteiger partial charge in [-0.25, -0.2) is 4.79 Å². The molecule has 0 aliphatic rings. The molecule has 3 aromatic rings. The third-order valence-corrected chi connectivity index (χ3v) is 3.97. The molecule has 2 heterocycles. The monoisotopic (exact) mass is 332 g/mol. The quantitative estimate of drug-likeness (QED) is 0.511. The molecule has 0 bridgehead atoms. The summed E-state index contributed by atoms with van der Waals surface area (Å²) in [5.74, 6) is 0. The van der Waals surface area contributed by atoms with Crippen molar-refractivity contribution in [3.05, 3.63) is 82.0 Å². The molecule has 0 spiro atoms. The number of nitrogens with zero attached hydrogens (tertiary/aromatic N) is 2. The van der Waals surface area contributed by atoms with E-state index < -0.39 is 0 Å². The van der Waals surface area contributed by atoms with Crippen LogP contribution in [0.5, 0.6) is 0 Å². The number of rotatable bonds is 5. The lowest BCUT2D eigenvalue weighted by molar-refractivity contribution is 0.561. The zero-order chi connectivity index (χ0) is 17.6. The molecular formula is C21H20N2O2. The van der Waals surface area contributed by atoms with Gasteiger partial charge in [-0.1, -0.05) is 19.4 Å². The van der Waals surface area contributed by atoms with Crippen LogP contribution in [0.4, 0.5) is 0 Å². The Morgan fingerprint density at radius 1 is 1.24 bits per heavy atom. The van der Waals surface area contributed by atoms with E-state index in [0.29, 0.717) is 5.58 Å². The fraction of sp³-hybridized carbons (Fsp3) is 0.190. The molecular weight excluding hydrogens is 312 g/mol. The van der Waals surface area contributed by atoms with Gasteiger partial charge in [0.1, 0.15) is 5.58 Å². The first kappa shape index (κ1) is 16.8. The van der Waals surface area contributed by atoms with Crippen molar-refractivity contribution < 1.29 is 4.42 Å². The lowest BCUT2D eigenvalue weighted by atomic mass is 9.97. The molecule has 0 N–H and O–H groups in total. The number of fused-ring (bicyclic) bond motifs is 1. The number of hydrogen-bond donors (Lipinski definition) is 0. The van der Waals surface area contributed by atoms with Crippen molar-refractivity contribution >= 4 is 22.8 Å². The molecule has 0 radical (unpaired) electrons. The number of benzene rings is 1. The molecule has 0 aliphatic carbocycles. The fourth-order valence-electron chi connectivity index (χ4n) is 2.87. The van der Waals surface area contributed by atoms with Crippen LogP contribution in [0.25, 0.3) is 17.0 Å². The van der Waals surface area contributed by atoms with Crippen LogP contribution in [-0.4, -0.2) is 17.7 Å². The smallest absolute Gasteiger partial charge is 0.336 e. The van der Waals surface area contributed by atoms with Gasteiger partial charge in [-0.15, -0.1) is 0 Å². The van der Waals surface area contributed by atoms with E-state index in [-0.39, 0.29) is 5.63 Å². The Balaban J connectivity index is 2.05. The standard InChI is InChI=1S/C21H20N2O2/c1-3-5-17(21(22-2)18-6-4-11-23-14-18)13-15-7-9-19-16(12-15)8-10-20(24)25-19/h4,6-14H,3,5H2,1-2H3/b17-13+,22-21+. The van der Waals surface area contributed by atoms with Gasteiger partial charge >= 0.3 is 5.63 Å². The molecule has 0 unspecified atom stereocenters. The normalized spacial score (nSPS) is 12.6. The van der Waals surface area contributed by atoms with Crippen molar-refractivity contribution in [2.75, 3.05) is 7.05 Å². The molecule has 1 aromatic carbocycles. The molecule has 4 heteroatoms. The Morgan fingerprint density at radius 3 is 2.84 bits per heavy atom. The van der Waals surface area contributed by atoms with Gasteiger partial charge < -0.3 is 4.42 Å². The molecule has 3 rings (SSSR count). The number of aromatic nitrogens is 1. The molecule has 0 saturated carbocycles. The minimum Gasteiger partial charge on any atom is -0.423 e. The van der Waals surface area contributed by atoms with Gasteiger partial charge in [-0.3, -0.25) is 9.98 Å². The maximum absolute atomic E-state index is 11.3. The SMILES string of the molecule is CCCC(=C\c1ccc2oc(=O)ccc2c1)/C(=N\C)c1cccnc1. The summed E-state index contributed by atoms with van der Waals surface area (Å²) >= 11 is 0. The number of aliphatic imine (C=N–C) groups is 1. The zero-order valence-corrected chi connectivity index (χ0v) is 14.4. The summed E-state index contributed by atoms with van der Waals surface area (Å²) in [5, 5.41) is 0.903. The minimum atomic E-state index is -0.334. The van der Waals surface area contributed by atoms with Gasteiger partial charge in [-0.05, 0) is 54.0 Å². The Kier molecular flexibility index (Phi) is 5.19. The Labute approximate surface area is 146 Å². The zero-order valence-electron chi connectivity index (χ0n) is 14.4. The van der Waals surface area contributed by atoms with E-state index >= 15 is 0 Å². The second-order valence-corrected chi connectivity index (χ2v) is 5.79. The molecule has 0 aliphatic heterocycles. The van der Waals surface area contributed by atoms with Crippen LogP contribution < -0.4 is 5.63 Å². The summed E-state index contributed by atoms with van der Waals surface area (Å²) in [6.45, 7) is 2.15. The van der Waals surface area contributed by atoms with E-state index in [9.17, 15) is 4.79 Å². The van der Waals surface area contributed by atoms with E-state index in [1.807, 2.05) is 36.5 Å². The van der Waals surface area contributed by atoms with Crippen LogP contribution in [0.3, 0.4) is 0 Å². The number of hydrogen-bond acceptors (Lipinski definition) is 4. The topological polar surface area (TPSA) is 55.5 Å². The highest BCUT2D eigenvalue weighted by Crippen LogP contribution is 2.21. The molecule has 2 aromatic heterocycles. The fourth-order valence-corrected chi connectivity index (χ4v) is 2.87. The largest absolute Gasteiger partial charge is 0.423 e. The predicted molar refractivity (Wildman–Crippen MR) is 102 cm³/mol. The molecule has 0 fully saturated rings.